The SMILES string of the molecule is COC(=O)C/C=C/CCCCc1ccccc1. The number of hydrogen-bond acceptors (Lipinski definition) is 2. The van der Waals surface area contributed by atoms with Crippen molar-refractivity contribution >= 4 is 5.97 Å². The van der Waals surface area contributed by atoms with Crippen molar-refractivity contribution in [2.45, 2.75) is 32.1 Å². The molecule has 17 heavy (non-hydrogen) atoms. The molecule has 0 saturated carbocycles. The third-order valence-corrected chi connectivity index (χ3v) is 2.61. The molecule has 0 bridgehead atoms. The molecule has 92 valence electrons. The zero-order chi connectivity index (χ0) is 12.3. The van der Waals surface area contributed by atoms with Crippen LogP contribution in [0.1, 0.15) is 31.2 Å². The van der Waals surface area contributed by atoms with Gasteiger partial charge in [0, 0.05) is 0 Å². The van der Waals surface area contributed by atoms with Crippen molar-refractivity contribution in [3.63, 3.8) is 0 Å². The summed E-state index contributed by atoms with van der Waals surface area (Å²) in [6.45, 7) is 0. The minimum absolute atomic E-state index is 0.175. The Morgan fingerprint density at radius 1 is 1.18 bits per heavy atom. The van der Waals surface area contributed by atoms with Gasteiger partial charge in [-0.2, -0.15) is 0 Å². The van der Waals surface area contributed by atoms with Crippen LogP contribution in [0.15, 0.2) is 42.5 Å². The Kier molecular flexibility index (Phi) is 6.80. The molecule has 0 heterocycles. The van der Waals surface area contributed by atoms with Gasteiger partial charge in [0.15, 0.2) is 0 Å². The molecule has 0 aromatic heterocycles. The van der Waals surface area contributed by atoms with Crippen LogP contribution in [0.25, 0.3) is 0 Å². The maximum Gasteiger partial charge on any atom is 0.309 e. The van der Waals surface area contributed by atoms with Crippen LogP contribution in [0.5, 0.6) is 0 Å². The number of hydrogen-bond donors (Lipinski definition) is 0. The van der Waals surface area contributed by atoms with Crippen molar-refractivity contribution in [1.82, 2.24) is 0 Å². The first-order valence-electron chi connectivity index (χ1n) is 6.08. The van der Waals surface area contributed by atoms with Gasteiger partial charge in [0.25, 0.3) is 0 Å². The van der Waals surface area contributed by atoms with Gasteiger partial charge in [-0.25, -0.2) is 0 Å². The van der Waals surface area contributed by atoms with Gasteiger partial charge in [0.05, 0.1) is 13.5 Å². The van der Waals surface area contributed by atoms with Crippen LogP contribution >= 0.6 is 0 Å². The number of methoxy groups -OCH3 is 1. The molecule has 0 amide bonds. The molecule has 0 aliphatic rings. The number of carbonyl (C=O) groups is 1. The third kappa shape index (κ3) is 6.56. The first-order valence-corrected chi connectivity index (χ1v) is 6.08. The number of allylic oxidation sites excluding steroid dienone is 1. The molecule has 0 N–H and O–H groups in total. The van der Waals surface area contributed by atoms with Gasteiger partial charge >= 0.3 is 5.97 Å². The van der Waals surface area contributed by atoms with Crippen LogP contribution < -0.4 is 0 Å². The molecule has 2 nitrogen and oxygen atoms in total. The summed E-state index contributed by atoms with van der Waals surface area (Å²) in [5.41, 5.74) is 1.39. The van der Waals surface area contributed by atoms with E-state index in [9.17, 15) is 4.79 Å². The third-order valence-electron chi connectivity index (χ3n) is 2.61. The minimum Gasteiger partial charge on any atom is -0.469 e. The summed E-state index contributed by atoms with van der Waals surface area (Å²) in [6, 6.07) is 10.5. The number of benzene rings is 1. The van der Waals surface area contributed by atoms with Crippen molar-refractivity contribution in [1.29, 1.82) is 0 Å². The first kappa shape index (κ1) is 13.5. The van der Waals surface area contributed by atoms with Gasteiger partial charge in [-0.1, -0.05) is 42.5 Å². The highest BCUT2D eigenvalue weighted by molar-refractivity contribution is 5.70. The molecule has 0 aliphatic carbocycles. The number of carbonyl (C=O) groups excluding carboxylic acids is 1. The Morgan fingerprint density at radius 3 is 2.65 bits per heavy atom. The second kappa shape index (κ2) is 8.57. The van der Waals surface area contributed by atoms with Gasteiger partial charge in [-0.05, 0) is 31.2 Å². The Balaban J connectivity index is 2.03. The second-order valence-electron chi connectivity index (χ2n) is 3.98. The monoisotopic (exact) mass is 232 g/mol. The Hall–Kier alpha value is -1.57. The smallest absolute Gasteiger partial charge is 0.309 e. The number of unbranched alkanes of at least 4 members (excludes halogenated alkanes) is 2. The lowest BCUT2D eigenvalue weighted by molar-refractivity contribution is -0.139. The van der Waals surface area contributed by atoms with Crippen molar-refractivity contribution in [3.05, 3.63) is 48.0 Å². The molecule has 2 heteroatoms. The molecule has 0 aliphatic heterocycles. The number of esters is 1. The Bertz CT molecular complexity index is 341. The van der Waals surface area contributed by atoms with E-state index in [4.69, 9.17) is 0 Å². The maximum absolute atomic E-state index is 10.8. The summed E-state index contributed by atoms with van der Waals surface area (Å²) in [5, 5.41) is 0. The van der Waals surface area contributed by atoms with E-state index in [0.29, 0.717) is 6.42 Å². The standard InChI is InChI=1S/C15H20O2/c1-17-15(16)13-9-4-2-3-6-10-14-11-7-5-8-12-14/h4-5,7-9,11-12H,2-3,6,10,13H2,1H3/b9-4+. The molecule has 1 aromatic rings. The predicted octanol–water partition coefficient (Wildman–Crippen LogP) is 3.52. The highest BCUT2D eigenvalue weighted by Gasteiger charge is 1.94. The lowest BCUT2D eigenvalue weighted by Gasteiger charge is -1.99. The highest BCUT2D eigenvalue weighted by Crippen LogP contribution is 2.06. The first-order chi connectivity index (χ1) is 8.33. The average Bonchev–Trinajstić information content (AvgIpc) is 2.38. The van der Waals surface area contributed by atoms with E-state index in [2.05, 4.69) is 35.1 Å². The minimum atomic E-state index is -0.175. The van der Waals surface area contributed by atoms with Crippen LogP contribution in [-0.2, 0) is 16.0 Å². The quantitative estimate of drug-likeness (QED) is 0.408. The fraction of sp³-hybridized carbons (Fsp3) is 0.400. The lowest BCUT2D eigenvalue weighted by Crippen LogP contribution is -1.96. The highest BCUT2D eigenvalue weighted by atomic mass is 16.5. The van der Waals surface area contributed by atoms with Crippen LogP contribution in [0.2, 0.25) is 0 Å². The van der Waals surface area contributed by atoms with E-state index >= 15 is 0 Å². The molecule has 1 aromatic carbocycles. The van der Waals surface area contributed by atoms with Crippen molar-refractivity contribution < 1.29 is 9.53 Å². The van der Waals surface area contributed by atoms with E-state index in [0.717, 1.165) is 19.3 Å². The Morgan fingerprint density at radius 2 is 1.94 bits per heavy atom. The van der Waals surface area contributed by atoms with E-state index < -0.39 is 0 Å². The largest absolute Gasteiger partial charge is 0.469 e. The summed E-state index contributed by atoms with van der Waals surface area (Å²) >= 11 is 0. The fourth-order valence-corrected chi connectivity index (χ4v) is 1.62. The predicted molar refractivity (Wildman–Crippen MR) is 69.8 cm³/mol. The zero-order valence-corrected chi connectivity index (χ0v) is 10.4. The summed E-state index contributed by atoms with van der Waals surface area (Å²) in [7, 11) is 1.41. The lowest BCUT2D eigenvalue weighted by atomic mass is 10.1. The van der Waals surface area contributed by atoms with Crippen LogP contribution in [0.3, 0.4) is 0 Å². The van der Waals surface area contributed by atoms with E-state index in [1.165, 1.54) is 19.1 Å². The van der Waals surface area contributed by atoms with Gasteiger partial charge in [-0.15, -0.1) is 0 Å². The summed E-state index contributed by atoms with van der Waals surface area (Å²) in [4.78, 5) is 10.8. The molecular weight excluding hydrogens is 212 g/mol. The maximum atomic E-state index is 10.8. The number of aryl methyl sites for hydroxylation is 1. The fourth-order valence-electron chi connectivity index (χ4n) is 1.62. The van der Waals surface area contributed by atoms with E-state index in [1.807, 2.05) is 12.1 Å². The second-order valence-corrected chi connectivity index (χ2v) is 3.98. The summed E-state index contributed by atoms with van der Waals surface area (Å²) < 4.78 is 4.55. The summed E-state index contributed by atoms with van der Waals surface area (Å²) in [5.74, 6) is -0.175. The molecule has 0 unspecified atom stereocenters. The normalized spacial score (nSPS) is 10.6. The number of ether oxygens (including phenoxy) is 1. The summed E-state index contributed by atoms with van der Waals surface area (Å²) in [6.07, 6.45) is 8.83. The molecule has 1 rings (SSSR count). The molecular formula is C15H20O2. The van der Waals surface area contributed by atoms with E-state index in [1.54, 1.807) is 0 Å². The molecule has 0 radical (unpaired) electrons. The molecule has 0 atom stereocenters. The van der Waals surface area contributed by atoms with Gasteiger partial charge in [-0.3, -0.25) is 4.79 Å². The Labute approximate surface area is 103 Å². The van der Waals surface area contributed by atoms with Crippen molar-refractivity contribution in [2.24, 2.45) is 0 Å². The van der Waals surface area contributed by atoms with E-state index in [-0.39, 0.29) is 5.97 Å². The zero-order valence-electron chi connectivity index (χ0n) is 10.4. The van der Waals surface area contributed by atoms with Crippen LogP contribution in [0.4, 0.5) is 0 Å². The molecule has 0 spiro atoms. The molecule has 0 fully saturated rings. The van der Waals surface area contributed by atoms with Crippen LogP contribution in [0, 0.1) is 0 Å². The topological polar surface area (TPSA) is 26.3 Å². The van der Waals surface area contributed by atoms with Crippen molar-refractivity contribution in [2.75, 3.05) is 7.11 Å². The van der Waals surface area contributed by atoms with Crippen molar-refractivity contribution in [3.8, 4) is 0 Å². The average molecular weight is 232 g/mol. The van der Waals surface area contributed by atoms with Gasteiger partial charge < -0.3 is 4.74 Å². The van der Waals surface area contributed by atoms with Crippen LogP contribution in [-0.4, -0.2) is 13.1 Å². The van der Waals surface area contributed by atoms with Gasteiger partial charge in [0.2, 0.25) is 0 Å². The van der Waals surface area contributed by atoms with Gasteiger partial charge in [0.1, 0.15) is 0 Å². The molecule has 0 saturated heterocycles. The number of rotatable bonds is 7.